The molecule has 2 heterocycles. The summed E-state index contributed by atoms with van der Waals surface area (Å²) in [6.07, 6.45) is 2.65. The monoisotopic (exact) mass is 357 g/mol. The largest absolute Gasteiger partial charge is 0.320 e. The maximum absolute atomic E-state index is 12.8. The molecule has 1 N–H and O–H groups in total. The summed E-state index contributed by atoms with van der Waals surface area (Å²) in [6, 6.07) is 12.6. The Morgan fingerprint density at radius 2 is 1.80 bits per heavy atom. The lowest BCUT2D eigenvalue weighted by atomic mass is 10.0. The van der Waals surface area contributed by atoms with Gasteiger partial charge in [0.2, 0.25) is 15.0 Å². The number of para-hydroxylation sites is 1. The van der Waals surface area contributed by atoms with E-state index in [0.29, 0.717) is 11.2 Å². The average Bonchev–Trinajstić information content (AvgIpc) is 2.95. The lowest BCUT2D eigenvalue weighted by Gasteiger charge is -2.13. The Morgan fingerprint density at radius 1 is 1.12 bits per heavy atom. The maximum atomic E-state index is 12.8. The van der Waals surface area contributed by atoms with Crippen LogP contribution in [0.2, 0.25) is 0 Å². The number of hydrogen-bond donors (Lipinski definition) is 1. The van der Waals surface area contributed by atoms with Gasteiger partial charge in [-0.3, -0.25) is 9.20 Å². The second kappa shape index (κ2) is 6.33. The maximum Gasteiger partial charge on any atom is 0.276 e. The van der Waals surface area contributed by atoms with E-state index in [2.05, 4.69) is 10.3 Å². The summed E-state index contributed by atoms with van der Waals surface area (Å²) < 4.78 is 25.4. The minimum Gasteiger partial charge on any atom is -0.320 e. The van der Waals surface area contributed by atoms with E-state index in [9.17, 15) is 13.2 Å². The number of nitrogens with zero attached hydrogens (tertiary/aromatic N) is 2. The second-order valence-electron chi connectivity index (χ2n) is 6.17. The number of carbonyl (C=O) groups is 1. The Morgan fingerprint density at radius 3 is 2.48 bits per heavy atom. The van der Waals surface area contributed by atoms with Crippen molar-refractivity contribution in [2.24, 2.45) is 0 Å². The standard InChI is InChI=1S/C18H19N3O3S/c1-12(2)13-8-4-5-9-14(13)19-17(22)16-15-10-6-7-11-21(15)18(20-16)25(3,23)24/h4-12H,1-3H3,(H,19,22). The zero-order valence-electron chi connectivity index (χ0n) is 14.2. The molecular formula is C18H19N3O3S. The highest BCUT2D eigenvalue weighted by atomic mass is 32.2. The number of sulfone groups is 1. The fourth-order valence-corrected chi connectivity index (χ4v) is 3.51. The number of imidazole rings is 1. The van der Waals surface area contributed by atoms with Gasteiger partial charge in [0.05, 0.1) is 5.52 Å². The zero-order chi connectivity index (χ0) is 18.2. The molecule has 0 radical (unpaired) electrons. The number of nitrogens with one attached hydrogen (secondary N) is 1. The van der Waals surface area contributed by atoms with E-state index >= 15 is 0 Å². The molecule has 0 saturated carbocycles. The van der Waals surface area contributed by atoms with Crippen LogP contribution >= 0.6 is 0 Å². The lowest BCUT2D eigenvalue weighted by molar-refractivity contribution is 0.102. The van der Waals surface area contributed by atoms with Crippen LogP contribution in [0, 0.1) is 0 Å². The number of hydrogen-bond acceptors (Lipinski definition) is 4. The van der Waals surface area contributed by atoms with E-state index in [-0.39, 0.29) is 16.8 Å². The lowest BCUT2D eigenvalue weighted by Crippen LogP contribution is -2.14. The van der Waals surface area contributed by atoms with Crippen LogP contribution in [-0.2, 0) is 9.84 Å². The third-order valence-electron chi connectivity index (χ3n) is 3.89. The van der Waals surface area contributed by atoms with Gasteiger partial charge in [-0.2, -0.15) is 0 Å². The average molecular weight is 357 g/mol. The minimum atomic E-state index is -3.56. The van der Waals surface area contributed by atoms with E-state index in [0.717, 1.165) is 11.8 Å². The first kappa shape index (κ1) is 17.2. The predicted octanol–water partition coefficient (Wildman–Crippen LogP) is 3.11. The van der Waals surface area contributed by atoms with Gasteiger partial charge in [-0.05, 0) is 29.7 Å². The fraction of sp³-hybridized carbons (Fsp3) is 0.222. The number of aromatic nitrogens is 2. The summed E-state index contributed by atoms with van der Waals surface area (Å²) in [5.74, 6) is -0.200. The molecule has 0 fully saturated rings. The Bertz CT molecular complexity index is 1050. The van der Waals surface area contributed by atoms with Crippen molar-refractivity contribution in [3.8, 4) is 0 Å². The van der Waals surface area contributed by atoms with Crippen molar-refractivity contribution in [1.82, 2.24) is 9.38 Å². The number of amides is 1. The molecule has 130 valence electrons. The SMILES string of the molecule is CC(C)c1ccccc1NC(=O)c1nc(S(C)(=O)=O)n2ccccc12. The second-order valence-corrected chi connectivity index (χ2v) is 8.08. The highest BCUT2D eigenvalue weighted by Gasteiger charge is 2.23. The van der Waals surface area contributed by atoms with Crippen LogP contribution in [0.25, 0.3) is 5.52 Å². The van der Waals surface area contributed by atoms with E-state index in [1.54, 1.807) is 24.4 Å². The first-order chi connectivity index (χ1) is 11.8. The molecule has 0 aliphatic carbocycles. The van der Waals surface area contributed by atoms with Gasteiger partial charge in [-0.15, -0.1) is 0 Å². The Hall–Kier alpha value is -2.67. The molecule has 1 aromatic carbocycles. The van der Waals surface area contributed by atoms with Crippen molar-refractivity contribution < 1.29 is 13.2 Å². The minimum absolute atomic E-state index is 0.0829. The summed E-state index contributed by atoms with van der Waals surface area (Å²) >= 11 is 0. The summed E-state index contributed by atoms with van der Waals surface area (Å²) in [4.78, 5) is 16.9. The van der Waals surface area contributed by atoms with E-state index < -0.39 is 15.7 Å². The molecule has 0 atom stereocenters. The van der Waals surface area contributed by atoms with Gasteiger partial charge in [0.25, 0.3) is 5.91 Å². The van der Waals surface area contributed by atoms with Crippen LogP contribution < -0.4 is 5.32 Å². The summed E-state index contributed by atoms with van der Waals surface area (Å²) in [6.45, 7) is 4.08. The van der Waals surface area contributed by atoms with Gasteiger partial charge in [-0.1, -0.05) is 38.1 Å². The molecule has 6 nitrogen and oxygen atoms in total. The molecule has 0 unspecified atom stereocenters. The van der Waals surface area contributed by atoms with Gasteiger partial charge in [-0.25, -0.2) is 13.4 Å². The van der Waals surface area contributed by atoms with Crippen molar-refractivity contribution >= 4 is 26.9 Å². The molecule has 0 spiro atoms. The molecular weight excluding hydrogens is 338 g/mol. The normalized spacial score (nSPS) is 11.8. The molecule has 2 aromatic heterocycles. The number of rotatable bonds is 4. The fourth-order valence-electron chi connectivity index (χ4n) is 2.73. The van der Waals surface area contributed by atoms with Crippen molar-refractivity contribution in [3.63, 3.8) is 0 Å². The summed E-state index contributed by atoms with van der Waals surface area (Å²) in [7, 11) is -3.56. The number of carbonyl (C=O) groups excluding carboxylic acids is 1. The summed E-state index contributed by atoms with van der Waals surface area (Å²) in [5.41, 5.74) is 2.23. The quantitative estimate of drug-likeness (QED) is 0.778. The third kappa shape index (κ3) is 3.28. The van der Waals surface area contributed by atoms with Gasteiger partial charge in [0, 0.05) is 18.1 Å². The number of fused-ring (bicyclic) bond motifs is 1. The molecule has 0 aliphatic rings. The Kier molecular flexibility index (Phi) is 4.34. The Labute approximate surface area is 146 Å². The first-order valence-corrected chi connectivity index (χ1v) is 9.75. The topological polar surface area (TPSA) is 80.5 Å². The number of pyridine rings is 1. The van der Waals surface area contributed by atoms with Crippen molar-refractivity contribution in [2.75, 3.05) is 11.6 Å². The van der Waals surface area contributed by atoms with E-state index in [4.69, 9.17) is 0 Å². The van der Waals surface area contributed by atoms with E-state index in [1.165, 1.54) is 4.40 Å². The highest BCUT2D eigenvalue weighted by molar-refractivity contribution is 7.90. The first-order valence-electron chi connectivity index (χ1n) is 7.86. The molecule has 1 amide bonds. The predicted molar refractivity (Wildman–Crippen MR) is 96.8 cm³/mol. The molecule has 7 heteroatoms. The van der Waals surface area contributed by atoms with Gasteiger partial charge in [0.1, 0.15) is 0 Å². The van der Waals surface area contributed by atoms with Crippen LogP contribution in [0.4, 0.5) is 5.69 Å². The van der Waals surface area contributed by atoms with Crippen LogP contribution in [0.1, 0.15) is 35.8 Å². The Balaban J connectivity index is 2.08. The number of benzene rings is 1. The molecule has 3 aromatic rings. The molecule has 0 aliphatic heterocycles. The molecule has 3 rings (SSSR count). The molecule has 25 heavy (non-hydrogen) atoms. The third-order valence-corrected chi connectivity index (χ3v) is 4.85. The van der Waals surface area contributed by atoms with Crippen LogP contribution in [0.3, 0.4) is 0 Å². The number of anilines is 1. The van der Waals surface area contributed by atoms with E-state index in [1.807, 2.05) is 38.1 Å². The van der Waals surface area contributed by atoms with Crippen molar-refractivity contribution in [3.05, 3.63) is 59.9 Å². The molecule has 0 bridgehead atoms. The van der Waals surface area contributed by atoms with Crippen LogP contribution in [0.5, 0.6) is 0 Å². The molecule has 0 saturated heterocycles. The van der Waals surface area contributed by atoms with Gasteiger partial charge < -0.3 is 5.32 Å². The van der Waals surface area contributed by atoms with Crippen molar-refractivity contribution in [1.29, 1.82) is 0 Å². The summed E-state index contributed by atoms with van der Waals surface area (Å²) in [5, 5.41) is 2.71. The van der Waals surface area contributed by atoms with Crippen LogP contribution in [0.15, 0.2) is 53.8 Å². The van der Waals surface area contributed by atoms with Gasteiger partial charge in [0.15, 0.2) is 5.69 Å². The van der Waals surface area contributed by atoms with Crippen LogP contribution in [-0.4, -0.2) is 30.0 Å². The van der Waals surface area contributed by atoms with Gasteiger partial charge >= 0.3 is 0 Å². The van der Waals surface area contributed by atoms with Crippen molar-refractivity contribution in [2.45, 2.75) is 24.9 Å². The highest BCUT2D eigenvalue weighted by Crippen LogP contribution is 2.25. The zero-order valence-corrected chi connectivity index (χ0v) is 15.0. The smallest absolute Gasteiger partial charge is 0.276 e.